The molecule has 3 atom stereocenters. The second kappa shape index (κ2) is 12.0. The van der Waals surface area contributed by atoms with E-state index in [9.17, 15) is 46.1 Å². The first-order valence-corrected chi connectivity index (χ1v) is 14.0. The maximum Gasteiger partial charge on any atom is 0.416 e. The molecule has 4 rings (SSSR count). The topological polar surface area (TPSA) is 84.3 Å². The van der Waals surface area contributed by atoms with Crippen LogP contribution in [0.5, 0.6) is 0 Å². The number of rotatable bonds is 7. The van der Waals surface area contributed by atoms with E-state index in [0.29, 0.717) is 12.1 Å². The van der Waals surface area contributed by atoms with Crippen LogP contribution in [0.15, 0.2) is 42.5 Å². The van der Waals surface area contributed by atoms with E-state index >= 15 is 0 Å². The Balaban J connectivity index is 1.74. The maximum atomic E-state index is 14.1. The predicted molar refractivity (Wildman–Crippen MR) is 145 cm³/mol. The van der Waals surface area contributed by atoms with Gasteiger partial charge < -0.3 is 24.9 Å². The molecule has 0 aromatic heterocycles. The molecular weight excluding hydrogens is 580 g/mol. The highest BCUT2D eigenvalue weighted by Gasteiger charge is 2.56. The van der Waals surface area contributed by atoms with Gasteiger partial charge in [0, 0.05) is 33.4 Å². The van der Waals surface area contributed by atoms with Crippen molar-refractivity contribution in [2.45, 2.75) is 63.6 Å². The zero-order chi connectivity index (χ0) is 31.9. The first kappa shape index (κ1) is 32.6. The molecule has 0 bridgehead atoms. The van der Waals surface area contributed by atoms with Crippen LogP contribution >= 0.6 is 0 Å². The molecule has 7 nitrogen and oxygen atoms in total. The number of hydrogen-bond donors (Lipinski definition) is 2. The monoisotopic (exact) mass is 615 g/mol. The number of urea groups is 1. The molecule has 2 saturated heterocycles. The molecule has 2 aromatic carbocycles. The maximum absolute atomic E-state index is 14.1. The number of alkyl halides is 6. The Kier molecular flexibility index (Phi) is 9.09. The molecule has 0 unspecified atom stereocenters. The molecule has 0 spiro atoms. The van der Waals surface area contributed by atoms with Gasteiger partial charge in [-0.05, 0) is 68.0 Å². The Morgan fingerprint density at radius 3 is 2.07 bits per heavy atom. The summed E-state index contributed by atoms with van der Waals surface area (Å²) < 4.78 is 81.2. The number of halogens is 6. The fourth-order valence-electron chi connectivity index (χ4n) is 6.46. The molecule has 2 heterocycles. The smallest absolute Gasteiger partial charge is 0.396 e. The van der Waals surface area contributed by atoms with Crippen molar-refractivity contribution >= 4 is 11.9 Å². The van der Waals surface area contributed by atoms with E-state index in [0.717, 1.165) is 16.0 Å². The molecule has 43 heavy (non-hydrogen) atoms. The molecule has 2 aliphatic heterocycles. The highest BCUT2D eigenvalue weighted by Crippen LogP contribution is 2.49. The molecule has 2 N–H and O–H groups in total. The van der Waals surface area contributed by atoms with Gasteiger partial charge in [0.2, 0.25) is 5.91 Å². The van der Waals surface area contributed by atoms with Crippen molar-refractivity contribution < 1.29 is 46.1 Å². The van der Waals surface area contributed by atoms with Crippen molar-refractivity contribution in [3.63, 3.8) is 0 Å². The summed E-state index contributed by atoms with van der Waals surface area (Å²) in [7, 11) is 1.32. The number of piperazine rings is 1. The van der Waals surface area contributed by atoms with Crippen molar-refractivity contribution in [3.05, 3.63) is 70.3 Å². The fraction of sp³-hybridized carbons (Fsp3) is 0.533. The molecule has 0 radical (unpaired) electrons. The average molecular weight is 616 g/mol. The fourth-order valence-corrected chi connectivity index (χ4v) is 6.46. The second-order valence-electron chi connectivity index (χ2n) is 11.4. The van der Waals surface area contributed by atoms with Gasteiger partial charge >= 0.3 is 18.4 Å². The average Bonchev–Trinajstić information content (AvgIpc) is 3.21. The number of benzene rings is 2. The summed E-state index contributed by atoms with van der Waals surface area (Å²) in [5.41, 5.74) is -2.73. The molecule has 236 valence electrons. The van der Waals surface area contributed by atoms with Crippen molar-refractivity contribution in [2.24, 2.45) is 5.41 Å². The summed E-state index contributed by atoms with van der Waals surface area (Å²) in [6.07, 6.45) is -9.56. The van der Waals surface area contributed by atoms with Crippen LogP contribution in [0.1, 0.15) is 66.1 Å². The van der Waals surface area contributed by atoms with E-state index in [-0.39, 0.29) is 63.1 Å². The number of hydrogen-bond acceptors (Lipinski definition) is 4. The summed E-state index contributed by atoms with van der Waals surface area (Å²) in [6, 6.07) is 5.53. The summed E-state index contributed by atoms with van der Waals surface area (Å²) in [4.78, 5) is 32.0. The van der Waals surface area contributed by atoms with Gasteiger partial charge in [0.25, 0.3) is 0 Å². The summed E-state index contributed by atoms with van der Waals surface area (Å²) >= 11 is 0. The Labute approximate surface area is 245 Å². The van der Waals surface area contributed by atoms with Crippen LogP contribution in [0.4, 0.5) is 31.1 Å². The van der Waals surface area contributed by atoms with E-state index in [1.165, 1.54) is 18.9 Å². The van der Waals surface area contributed by atoms with E-state index in [1.54, 1.807) is 11.0 Å². The number of aliphatic hydroxyl groups is 2. The number of aryl methyl sites for hydroxylation is 1. The zero-order valence-electron chi connectivity index (χ0n) is 24.0. The van der Waals surface area contributed by atoms with Crippen molar-refractivity contribution in [1.82, 2.24) is 14.7 Å². The molecule has 0 saturated carbocycles. The third-order valence-corrected chi connectivity index (χ3v) is 8.91. The van der Waals surface area contributed by atoms with Crippen LogP contribution in [0.3, 0.4) is 0 Å². The number of amides is 3. The summed E-state index contributed by atoms with van der Waals surface area (Å²) in [5, 5.41) is 19.5. The van der Waals surface area contributed by atoms with Gasteiger partial charge in [-0.3, -0.25) is 4.79 Å². The number of nitrogens with zero attached hydrogens (tertiary/aromatic N) is 3. The van der Waals surface area contributed by atoms with E-state index < -0.39 is 53.1 Å². The Hall–Kier alpha value is -3.32. The van der Waals surface area contributed by atoms with Crippen molar-refractivity contribution in [1.29, 1.82) is 0 Å². The second-order valence-corrected chi connectivity index (χ2v) is 11.4. The highest BCUT2D eigenvalue weighted by molar-refractivity contribution is 5.86. The number of carbonyl (C=O) groups is 2. The van der Waals surface area contributed by atoms with Gasteiger partial charge in [0.15, 0.2) is 0 Å². The molecule has 2 aliphatic rings. The van der Waals surface area contributed by atoms with Gasteiger partial charge in [-0.2, -0.15) is 26.3 Å². The Bertz CT molecular complexity index is 1310. The minimum Gasteiger partial charge on any atom is -0.396 e. The standard InChI is InChI=1S/C30H35F6N3O4/c1-18-6-4-5-7-23(18)25-24-17-28(8-12-40,9-13-41)26(42)38(24)10-11-39(25)27(43)37(3)19(2)20-14-21(29(31,32)33)16-22(15-20)30(34,35)36/h4-7,14-16,19,24-25,40-41H,8-13,17H2,1-3H3/t19-,24-,25-/m0/s1. The summed E-state index contributed by atoms with van der Waals surface area (Å²) in [6.45, 7) is 2.85. The molecule has 0 aliphatic carbocycles. The molecule has 3 amide bonds. The Morgan fingerprint density at radius 1 is 1.00 bits per heavy atom. The Morgan fingerprint density at radius 2 is 1.56 bits per heavy atom. The van der Waals surface area contributed by atoms with Crippen LogP contribution in [0.25, 0.3) is 0 Å². The molecular formula is C30H35F6N3O4. The number of fused-ring (bicyclic) bond motifs is 1. The van der Waals surface area contributed by atoms with Gasteiger partial charge in [-0.1, -0.05) is 24.3 Å². The van der Waals surface area contributed by atoms with E-state index in [1.807, 2.05) is 25.1 Å². The third kappa shape index (κ3) is 6.19. The quantitative estimate of drug-likeness (QED) is 0.400. The molecule has 2 aromatic rings. The van der Waals surface area contributed by atoms with Crippen LogP contribution in [0, 0.1) is 12.3 Å². The lowest BCUT2D eigenvalue weighted by Crippen LogP contribution is -2.57. The first-order chi connectivity index (χ1) is 20.1. The highest BCUT2D eigenvalue weighted by atomic mass is 19.4. The van der Waals surface area contributed by atoms with Gasteiger partial charge in [0.1, 0.15) is 0 Å². The lowest BCUT2D eigenvalue weighted by Gasteiger charge is -2.47. The van der Waals surface area contributed by atoms with Gasteiger partial charge in [-0.15, -0.1) is 0 Å². The first-order valence-electron chi connectivity index (χ1n) is 14.0. The normalized spacial score (nSPS) is 21.1. The van der Waals surface area contributed by atoms with Crippen LogP contribution in [-0.2, 0) is 17.1 Å². The molecule has 13 heteroatoms. The van der Waals surface area contributed by atoms with E-state index in [4.69, 9.17) is 0 Å². The minimum atomic E-state index is -5.03. The van der Waals surface area contributed by atoms with Crippen LogP contribution in [-0.4, -0.2) is 76.2 Å². The minimum absolute atomic E-state index is 0.0492. The SMILES string of the molecule is Cc1ccccc1[C@H]1[C@@H]2CC(CCO)(CCO)C(=O)N2CCN1C(=O)N(C)[C@@H](C)c1cc(C(F)(F)F)cc(C(F)(F)F)c1. The zero-order valence-corrected chi connectivity index (χ0v) is 24.0. The third-order valence-electron chi connectivity index (χ3n) is 8.91. The van der Waals surface area contributed by atoms with Gasteiger partial charge in [-0.25, -0.2) is 4.79 Å². The van der Waals surface area contributed by atoms with Crippen molar-refractivity contribution in [2.75, 3.05) is 33.4 Å². The lowest BCUT2D eigenvalue weighted by atomic mass is 9.77. The predicted octanol–water partition coefficient (Wildman–Crippen LogP) is 5.55. The van der Waals surface area contributed by atoms with Crippen LogP contribution < -0.4 is 0 Å². The summed E-state index contributed by atoms with van der Waals surface area (Å²) in [5.74, 6) is -0.225. The van der Waals surface area contributed by atoms with Gasteiger partial charge in [0.05, 0.1) is 34.7 Å². The van der Waals surface area contributed by atoms with Crippen molar-refractivity contribution in [3.8, 4) is 0 Å². The van der Waals surface area contributed by atoms with Crippen LogP contribution in [0.2, 0.25) is 0 Å². The largest absolute Gasteiger partial charge is 0.416 e. The van der Waals surface area contributed by atoms with E-state index in [2.05, 4.69) is 0 Å². The lowest BCUT2D eigenvalue weighted by molar-refractivity contribution is -0.143. The number of carbonyl (C=O) groups excluding carboxylic acids is 2. The number of aliphatic hydroxyl groups excluding tert-OH is 2. The molecule has 2 fully saturated rings.